The van der Waals surface area contributed by atoms with Crippen LogP contribution in [0.3, 0.4) is 0 Å². The molecule has 178 valence electrons. The van der Waals surface area contributed by atoms with Crippen molar-refractivity contribution in [2.45, 2.75) is 124 Å². The van der Waals surface area contributed by atoms with Crippen LogP contribution < -0.4 is 0 Å². The molecule has 0 bridgehead atoms. The fourth-order valence-corrected chi connectivity index (χ4v) is 5.00. The third kappa shape index (κ3) is 8.60. The van der Waals surface area contributed by atoms with Crippen molar-refractivity contribution in [1.82, 2.24) is 4.90 Å². The Morgan fingerprint density at radius 3 is 2.19 bits per heavy atom. The van der Waals surface area contributed by atoms with Gasteiger partial charge in [-0.25, -0.2) is 0 Å². The van der Waals surface area contributed by atoms with Gasteiger partial charge in [0, 0.05) is 6.04 Å². The van der Waals surface area contributed by atoms with Crippen LogP contribution in [0.1, 0.15) is 127 Å². The molecule has 1 N–H and O–H groups in total. The minimum atomic E-state index is 0.0328. The van der Waals surface area contributed by atoms with Crippen molar-refractivity contribution < 1.29 is 9.90 Å². The number of carbonyl (C=O) groups is 1. The fourth-order valence-electron chi connectivity index (χ4n) is 5.00. The van der Waals surface area contributed by atoms with E-state index in [4.69, 9.17) is 0 Å². The Morgan fingerprint density at radius 2 is 1.61 bits per heavy atom. The lowest BCUT2D eigenvalue weighted by Gasteiger charge is -2.35. The van der Waals surface area contributed by atoms with Crippen LogP contribution in [0.4, 0.5) is 0 Å². The molecule has 0 saturated carbocycles. The van der Waals surface area contributed by atoms with Crippen LogP contribution in [-0.2, 0) is 5.41 Å². The molecule has 0 spiro atoms. The number of phenols is 1. The standard InChI is InChI=1S/C28H49NO2/c1-7-11-15-26(14-9-3)29(18-12-8-2)19-13-17-28(6,16-10-4)25-20-23(5)27(31)24(21-25)22-30/h20-22,26,31H,7-19H2,1-6H3. The van der Waals surface area contributed by atoms with E-state index in [0.29, 0.717) is 11.6 Å². The topological polar surface area (TPSA) is 40.5 Å². The summed E-state index contributed by atoms with van der Waals surface area (Å²) in [7, 11) is 0. The number of unbranched alkanes of at least 4 members (excludes halogenated alkanes) is 2. The summed E-state index contributed by atoms with van der Waals surface area (Å²) >= 11 is 0. The second-order valence-electron chi connectivity index (χ2n) is 9.74. The largest absolute Gasteiger partial charge is 0.507 e. The molecule has 2 unspecified atom stereocenters. The Bertz CT molecular complexity index is 642. The highest BCUT2D eigenvalue weighted by molar-refractivity contribution is 5.80. The molecule has 1 rings (SSSR count). The normalized spacial score (nSPS) is 14.5. The first kappa shape index (κ1) is 27.7. The Balaban J connectivity index is 2.98. The van der Waals surface area contributed by atoms with E-state index in [-0.39, 0.29) is 11.2 Å². The van der Waals surface area contributed by atoms with Gasteiger partial charge in [-0.2, -0.15) is 0 Å². The highest BCUT2D eigenvalue weighted by Crippen LogP contribution is 2.37. The average molecular weight is 432 g/mol. The minimum Gasteiger partial charge on any atom is -0.507 e. The molecule has 1 aromatic rings. The molecular formula is C28H49NO2. The number of aromatic hydroxyl groups is 1. The molecule has 0 aliphatic rings. The van der Waals surface area contributed by atoms with E-state index in [1.165, 1.54) is 63.5 Å². The van der Waals surface area contributed by atoms with Gasteiger partial charge >= 0.3 is 0 Å². The van der Waals surface area contributed by atoms with Gasteiger partial charge in [0.15, 0.2) is 6.29 Å². The van der Waals surface area contributed by atoms with Gasteiger partial charge in [-0.15, -0.1) is 0 Å². The van der Waals surface area contributed by atoms with Gasteiger partial charge in [-0.05, 0) is 81.1 Å². The third-order valence-corrected chi connectivity index (χ3v) is 6.96. The van der Waals surface area contributed by atoms with Gasteiger partial charge in [0.1, 0.15) is 5.75 Å². The summed E-state index contributed by atoms with van der Waals surface area (Å²) in [6, 6.07) is 4.72. The number of benzene rings is 1. The zero-order chi connectivity index (χ0) is 23.3. The molecule has 0 aliphatic carbocycles. The maximum absolute atomic E-state index is 11.5. The van der Waals surface area contributed by atoms with Crippen molar-refractivity contribution >= 4 is 6.29 Å². The van der Waals surface area contributed by atoms with Gasteiger partial charge < -0.3 is 10.0 Å². The van der Waals surface area contributed by atoms with E-state index < -0.39 is 0 Å². The van der Waals surface area contributed by atoms with Crippen LogP contribution >= 0.6 is 0 Å². The van der Waals surface area contributed by atoms with E-state index in [1.807, 2.05) is 13.0 Å². The van der Waals surface area contributed by atoms with E-state index in [0.717, 1.165) is 37.7 Å². The maximum atomic E-state index is 11.5. The number of nitrogens with zero attached hydrogens (tertiary/aromatic N) is 1. The first-order valence-electron chi connectivity index (χ1n) is 12.9. The summed E-state index contributed by atoms with van der Waals surface area (Å²) in [6.45, 7) is 15.7. The summed E-state index contributed by atoms with van der Waals surface area (Å²) in [5.74, 6) is 0.127. The monoisotopic (exact) mass is 431 g/mol. The maximum Gasteiger partial charge on any atom is 0.153 e. The second kappa shape index (κ2) is 14.7. The van der Waals surface area contributed by atoms with Crippen molar-refractivity contribution in [2.75, 3.05) is 13.1 Å². The minimum absolute atomic E-state index is 0.0328. The SMILES string of the molecule is CCCCC(CCC)N(CCCC)CCCC(C)(CCC)c1cc(C)c(O)c(C=O)c1. The Labute approximate surface area is 192 Å². The van der Waals surface area contributed by atoms with Crippen LogP contribution in [0.5, 0.6) is 5.75 Å². The smallest absolute Gasteiger partial charge is 0.153 e. The summed E-state index contributed by atoms with van der Waals surface area (Å²) in [4.78, 5) is 14.2. The summed E-state index contributed by atoms with van der Waals surface area (Å²) in [5.41, 5.74) is 2.45. The predicted octanol–water partition coefficient (Wildman–Crippen LogP) is 7.81. The van der Waals surface area contributed by atoms with Crippen molar-refractivity contribution in [3.05, 3.63) is 28.8 Å². The zero-order valence-corrected chi connectivity index (χ0v) is 21.3. The number of carbonyl (C=O) groups excluding carboxylic acids is 1. The Morgan fingerprint density at radius 1 is 0.935 bits per heavy atom. The first-order chi connectivity index (χ1) is 14.9. The van der Waals surface area contributed by atoms with Crippen molar-refractivity contribution in [3.8, 4) is 5.75 Å². The Kier molecular flexibility index (Phi) is 13.1. The van der Waals surface area contributed by atoms with Gasteiger partial charge in [-0.3, -0.25) is 4.79 Å². The van der Waals surface area contributed by atoms with Crippen molar-refractivity contribution in [2.24, 2.45) is 0 Å². The van der Waals surface area contributed by atoms with E-state index in [1.54, 1.807) is 0 Å². The zero-order valence-electron chi connectivity index (χ0n) is 21.3. The lowest BCUT2D eigenvalue weighted by molar-refractivity contribution is 0.112. The quantitative estimate of drug-likeness (QED) is 0.256. The number of hydrogen-bond acceptors (Lipinski definition) is 3. The lowest BCUT2D eigenvalue weighted by Crippen LogP contribution is -2.37. The number of hydrogen-bond donors (Lipinski definition) is 1. The Hall–Kier alpha value is -1.35. The summed E-state index contributed by atoms with van der Waals surface area (Å²) < 4.78 is 0. The molecule has 0 heterocycles. The summed E-state index contributed by atoms with van der Waals surface area (Å²) in [6.07, 6.45) is 14.3. The molecule has 0 aliphatic heterocycles. The molecule has 0 aromatic heterocycles. The van der Waals surface area contributed by atoms with Gasteiger partial charge in [0.25, 0.3) is 0 Å². The third-order valence-electron chi connectivity index (χ3n) is 6.96. The average Bonchev–Trinajstić information content (AvgIpc) is 2.75. The molecule has 3 nitrogen and oxygen atoms in total. The highest BCUT2D eigenvalue weighted by Gasteiger charge is 2.28. The molecule has 0 saturated heterocycles. The molecule has 3 heteroatoms. The van der Waals surface area contributed by atoms with E-state index >= 15 is 0 Å². The molecule has 31 heavy (non-hydrogen) atoms. The van der Waals surface area contributed by atoms with Crippen LogP contribution in [0.25, 0.3) is 0 Å². The number of aldehydes is 1. The highest BCUT2D eigenvalue weighted by atomic mass is 16.3. The number of rotatable bonds is 17. The van der Waals surface area contributed by atoms with Gasteiger partial charge in [-0.1, -0.05) is 72.8 Å². The molecule has 0 amide bonds. The van der Waals surface area contributed by atoms with Crippen LogP contribution in [-0.4, -0.2) is 35.4 Å². The second-order valence-corrected chi connectivity index (χ2v) is 9.74. The van der Waals surface area contributed by atoms with Crippen molar-refractivity contribution in [1.29, 1.82) is 0 Å². The van der Waals surface area contributed by atoms with E-state index in [2.05, 4.69) is 45.6 Å². The number of phenolic OH excluding ortho intramolecular Hbond substituents is 1. The molecule has 0 radical (unpaired) electrons. The number of aryl methyl sites for hydroxylation is 1. The van der Waals surface area contributed by atoms with Crippen LogP contribution in [0.15, 0.2) is 12.1 Å². The lowest BCUT2D eigenvalue weighted by atomic mass is 9.74. The summed E-state index contributed by atoms with van der Waals surface area (Å²) in [5, 5.41) is 10.2. The van der Waals surface area contributed by atoms with Crippen molar-refractivity contribution in [3.63, 3.8) is 0 Å². The van der Waals surface area contributed by atoms with Gasteiger partial charge in [0.05, 0.1) is 5.56 Å². The molecule has 1 aromatic carbocycles. The van der Waals surface area contributed by atoms with Gasteiger partial charge in [0.2, 0.25) is 0 Å². The van der Waals surface area contributed by atoms with Crippen LogP contribution in [0.2, 0.25) is 0 Å². The molecule has 0 fully saturated rings. The van der Waals surface area contributed by atoms with E-state index in [9.17, 15) is 9.90 Å². The molecular weight excluding hydrogens is 382 g/mol. The van der Waals surface area contributed by atoms with Crippen LogP contribution in [0, 0.1) is 6.92 Å². The first-order valence-corrected chi connectivity index (χ1v) is 12.9. The molecule has 2 atom stereocenters. The fraction of sp³-hybridized carbons (Fsp3) is 0.750. The predicted molar refractivity (Wildman–Crippen MR) is 134 cm³/mol.